The molecular weight excluding hydrogens is 426 g/mol. The molecule has 0 aromatic heterocycles. The van der Waals surface area contributed by atoms with Gasteiger partial charge in [-0.3, -0.25) is 9.69 Å². The smallest absolute Gasteiger partial charge is 0.241 e. The average Bonchev–Trinajstić information content (AvgIpc) is 2.79. The zero-order valence-corrected chi connectivity index (χ0v) is 19.8. The van der Waals surface area contributed by atoms with Crippen LogP contribution in [0.4, 0.5) is 5.69 Å². The molecule has 1 heterocycles. The first-order chi connectivity index (χ1) is 15.3. The number of hydrogen-bond acceptors (Lipinski definition) is 5. The van der Waals surface area contributed by atoms with Crippen molar-refractivity contribution >= 4 is 21.6 Å². The average molecular weight is 460 g/mol. The summed E-state index contributed by atoms with van der Waals surface area (Å²) in [6.45, 7) is 8.19. The highest BCUT2D eigenvalue weighted by Gasteiger charge is 2.28. The third-order valence-electron chi connectivity index (χ3n) is 5.80. The molecule has 2 N–H and O–H groups in total. The van der Waals surface area contributed by atoms with Crippen LogP contribution in [-0.4, -0.2) is 51.5 Å². The van der Waals surface area contributed by atoms with Gasteiger partial charge in [0, 0.05) is 18.8 Å². The Balaban J connectivity index is 1.53. The Hall–Kier alpha value is -2.42. The molecule has 1 aliphatic heterocycles. The van der Waals surface area contributed by atoms with Gasteiger partial charge < -0.3 is 10.1 Å². The number of nitrogens with one attached hydrogen (secondary N) is 2. The summed E-state index contributed by atoms with van der Waals surface area (Å²) in [6.07, 6.45) is 1.86. The van der Waals surface area contributed by atoms with Gasteiger partial charge in [0.05, 0.1) is 17.5 Å². The fourth-order valence-electron chi connectivity index (χ4n) is 3.86. The molecule has 1 saturated heterocycles. The van der Waals surface area contributed by atoms with Crippen LogP contribution in [0, 0.1) is 12.8 Å². The van der Waals surface area contributed by atoms with Gasteiger partial charge >= 0.3 is 0 Å². The number of amides is 1. The maximum atomic E-state index is 12.8. The van der Waals surface area contributed by atoms with Crippen LogP contribution in [0.2, 0.25) is 0 Å². The third kappa shape index (κ3) is 6.54. The van der Waals surface area contributed by atoms with E-state index in [1.807, 2.05) is 45.0 Å². The fraction of sp³-hybridized carbons (Fsp3) is 0.458. The third-order valence-corrected chi connectivity index (χ3v) is 7.24. The minimum absolute atomic E-state index is 0.0740. The number of ether oxygens (including phenoxy) is 1. The number of carbonyl (C=O) groups is 1. The molecule has 7 nitrogen and oxygen atoms in total. The molecule has 174 valence electrons. The second kappa shape index (κ2) is 10.9. The fourth-order valence-corrected chi connectivity index (χ4v) is 4.97. The molecule has 1 fully saturated rings. The van der Waals surface area contributed by atoms with E-state index < -0.39 is 10.0 Å². The number of benzene rings is 2. The van der Waals surface area contributed by atoms with Gasteiger partial charge in [-0.25, -0.2) is 13.1 Å². The van der Waals surface area contributed by atoms with E-state index in [1.54, 1.807) is 24.3 Å². The van der Waals surface area contributed by atoms with Gasteiger partial charge in [0.15, 0.2) is 0 Å². The Morgan fingerprint density at radius 3 is 2.50 bits per heavy atom. The van der Waals surface area contributed by atoms with Crippen LogP contribution < -0.4 is 14.8 Å². The molecule has 2 unspecified atom stereocenters. The van der Waals surface area contributed by atoms with Crippen molar-refractivity contribution in [2.75, 3.05) is 31.6 Å². The van der Waals surface area contributed by atoms with E-state index >= 15 is 0 Å². The first-order valence-electron chi connectivity index (χ1n) is 11.1. The number of anilines is 1. The van der Waals surface area contributed by atoms with Gasteiger partial charge in [-0.1, -0.05) is 17.7 Å². The van der Waals surface area contributed by atoms with E-state index in [-0.39, 0.29) is 22.8 Å². The molecule has 0 bridgehead atoms. The number of hydrogen-bond donors (Lipinski definition) is 2. The molecule has 32 heavy (non-hydrogen) atoms. The van der Waals surface area contributed by atoms with E-state index in [0.29, 0.717) is 19.7 Å². The molecule has 0 aliphatic carbocycles. The number of rotatable bonds is 9. The van der Waals surface area contributed by atoms with Crippen molar-refractivity contribution in [3.05, 3.63) is 54.1 Å². The SMILES string of the molecule is CCOc1ccc(NC(=O)C(C)N2CCCC(CNS(=O)(=O)c3ccc(C)cc3)C2)cc1. The lowest BCUT2D eigenvalue weighted by Gasteiger charge is -2.36. The van der Waals surface area contributed by atoms with Crippen molar-refractivity contribution in [1.82, 2.24) is 9.62 Å². The van der Waals surface area contributed by atoms with E-state index in [0.717, 1.165) is 36.4 Å². The largest absolute Gasteiger partial charge is 0.494 e. The van der Waals surface area contributed by atoms with Gasteiger partial charge in [-0.05, 0) is 82.5 Å². The van der Waals surface area contributed by atoms with Crippen molar-refractivity contribution in [1.29, 1.82) is 0 Å². The molecule has 2 atom stereocenters. The van der Waals surface area contributed by atoms with E-state index in [2.05, 4.69) is 14.9 Å². The maximum absolute atomic E-state index is 12.8. The molecule has 1 amide bonds. The van der Waals surface area contributed by atoms with Crippen LogP contribution in [0.25, 0.3) is 0 Å². The summed E-state index contributed by atoms with van der Waals surface area (Å²) < 4.78 is 33.3. The van der Waals surface area contributed by atoms with Crippen LogP contribution >= 0.6 is 0 Å². The second-order valence-electron chi connectivity index (χ2n) is 8.29. The summed E-state index contributed by atoms with van der Waals surface area (Å²) >= 11 is 0. The summed E-state index contributed by atoms with van der Waals surface area (Å²) in [4.78, 5) is 15.2. The lowest BCUT2D eigenvalue weighted by molar-refractivity contribution is -0.121. The predicted octanol–water partition coefficient (Wildman–Crippen LogP) is 3.41. The van der Waals surface area contributed by atoms with Crippen LogP contribution in [0.15, 0.2) is 53.4 Å². The topological polar surface area (TPSA) is 87.7 Å². The number of likely N-dealkylation sites (tertiary alicyclic amines) is 1. The van der Waals surface area contributed by atoms with Gasteiger partial charge in [-0.2, -0.15) is 0 Å². The molecule has 8 heteroatoms. The van der Waals surface area contributed by atoms with Crippen molar-refractivity contribution in [2.45, 2.75) is 44.6 Å². The number of nitrogens with zero attached hydrogens (tertiary/aromatic N) is 1. The highest BCUT2D eigenvalue weighted by atomic mass is 32.2. The lowest BCUT2D eigenvalue weighted by Crippen LogP contribution is -2.48. The monoisotopic (exact) mass is 459 g/mol. The van der Waals surface area contributed by atoms with Crippen LogP contribution in [0.3, 0.4) is 0 Å². The summed E-state index contributed by atoms with van der Waals surface area (Å²) in [5, 5.41) is 2.96. The van der Waals surface area contributed by atoms with Crippen molar-refractivity contribution < 1.29 is 17.9 Å². The van der Waals surface area contributed by atoms with Crippen molar-refractivity contribution in [3.8, 4) is 5.75 Å². The van der Waals surface area contributed by atoms with Gasteiger partial charge in [0.2, 0.25) is 15.9 Å². The van der Waals surface area contributed by atoms with Crippen molar-refractivity contribution in [3.63, 3.8) is 0 Å². The highest BCUT2D eigenvalue weighted by Crippen LogP contribution is 2.21. The van der Waals surface area contributed by atoms with Crippen LogP contribution in [0.5, 0.6) is 5.75 Å². The molecule has 2 aromatic carbocycles. The number of sulfonamides is 1. The Bertz CT molecular complexity index is 991. The van der Waals surface area contributed by atoms with Gasteiger partial charge in [0.1, 0.15) is 5.75 Å². The Morgan fingerprint density at radius 2 is 1.84 bits per heavy atom. The normalized spacial score (nSPS) is 18.2. The summed E-state index contributed by atoms with van der Waals surface area (Å²) in [5.74, 6) is 0.852. The quantitative estimate of drug-likeness (QED) is 0.600. The van der Waals surface area contributed by atoms with Crippen LogP contribution in [-0.2, 0) is 14.8 Å². The minimum atomic E-state index is -3.54. The molecule has 1 aliphatic rings. The molecule has 2 aromatic rings. The number of aryl methyl sites for hydroxylation is 1. The van der Waals surface area contributed by atoms with Crippen LogP contribution in [0.1, 0.15) is 32.3 Å². The second-order valence-corrected chi connectivity index (χ2v) is 10.1. The molecular formula is C24H33N3O4S. The summed E-state index contributed by atoms with van der Waals surface area (Å²) in [6, 6.07) is 13.8. The summed E-state index contributed by atoms with van der Waals surface area (Å²) in [5.41, 5.74) is 1.74. The molecule has 0 saturated carbocycles. The maximum Gasteiger partial charge on any atom is 0.241 e. The Kier molecular flexibility index (Phi) is 8.28. The van der Waals surface area contributed by atoms with E-state index in [9.17, 15) is 13.2 Å². The van der Waals surface area contributed by atoms with E-state index in [1.165, 1.54) is 0 Å². The lowest BCUT2D eigenvalue weighted by atomic mass is 9.97. The first kappa shape index (κ1) is 24.2. The zero-order valence-electron chi connectivity index (χ0n) is 19.0. The molecule has 0 radical (unpaired) electrons. The van der Waals surface area contributed by atoms with Gasteiger partial charge in [0.25, 0.3) is 0 Å². The van der Waals surface area contributed by atoms with Crippen molar-refractivity contribution in [2.24, 2.45) is 5.92 Å². The Labute approximate surface area is 191 Å². The predicted molar refractivity (Wildman–Crippen MR) is 126 cm³/mol. The number of piperidine rings is 1. The first-order valence-corrected chi connectivity index (χ1v) is 12.6. The highest BCUT2D eigenvalue weighted by molar-refractivity contribution is 7.89. The minimum Gasteiger partial charge on any atom is -0.494 e. The number of carbonyl (C=O) groups excluding carboxylic acids is 1. The zero-order chi connectivity index (χ0) is 23.1. The van der Waals surface area contributed by atoms with Gasteiger partial charge in [-0.15, -0.1) is 0 Å². The standard InChI is InChI=1S/C24H33N3O4S/c1-4-31-22-11-9-21(10-12-22)26-24(28)19(3)27-15-5-6-20(17-27)16-25-32(29,30)23-13-7-18(2)8-14-23/h7-14,19-20,25H,4-6,15-17H2,1-3H3,(H,26,28). The molecule has 3 rings (SSSR count). The Morgan fingerprint density at radius 1 is 1.16 bits per heavy atom. The van der Waals surface area contributed by atoms with E-state index in [4.69, 9.17) is 4.74 Å². The molecule has 0 spiro atoms. The summed E-state index contributed by atoms with van der Waals surface area (Å²) in [7, 11) is -3.54.